The maximum Gasteiger partial charge on any atom is 0.233 e. The topological polar surface area (TPSA) is 93.4 Å². The highest BCUT2D eigenvalue weighted by atomic mass is 16.5. The standard InChI is InChI=1S/C11H23N3O3/c1-9(2)17-8-4-7-13-10(15)5-3-6-11(16)14-12/h9H,3-8,12H2,1-2H3,(H,13,15)(H,14,16). The van der Waals surface area contributed by atoms with Crippen molar-refractivity contribution in [1.29, 1.82) is 0 Å². The van der Waals surface area contributed by atoms with Gasteiger partial charge in [0.15, 0.2) is 0 Å². The second-order valence-corrected chi connectivity index (χ2v) is 4.04. The van der Waals surface area contributed by atoms with Crippen LogP contribution >= 0.6 is 0 Å². The van der Waals surface area contributed by atoms with Crippen molar-refractivity contribution >= 4 is 11.8 Å². The van der Waals surface area contributed by atoms with Crippen LogP contribution in [0.5, 0.6) is 0 Å². The third kappa shape index (κ3) is 11.1. The Kier molecular flexibility index (Phi) is 9.37. The normalized spacial score (nSPS) is 10.4. The second-order valence-electron chi connectivity index (χ2n) is 4.04. The predicted octanol–water partition coefficient (Wildman–Crippen LogP) is 0.0779. The maximum absolute atomic E-state index is 11.3. The molecule has 2 amide bonds. The van der Waals surface area contributed by atoms with Gasteiger partial charge in [0.1, 0.15) is 0 Å². The van der Waals surface area contributed by atoms with Crippen LogP contribution in [0.1, 0.15) is 39.5 Å². The first-order valence-corrected chi connectivity index (χ1v) is 5.94. The van der Waals surface area contributed by atoms with Gasteiger partial charge in [-0.1, -0.05) is 0 Å². The van der Waals surface area contributed by atoms with E-state index in [0.717, 1.165) is 6.42 Å². The van der Waals surface area contributed by atoms with E-state index < -0.39 is 0 Å². The van der Waals surface area contributed by atoms with Crippen LogP contribution in [-0.4, -0.2) is 31.1 Å². The molecule has 0 bridgehead atoms. The lowest BCUT2D eigenvalue weighted by Crippen LogP contribution is -2.30. The zero-order chi connectivity index (χ0) is 13.1. The van der Waals surface area contributed by atoms with Crippen LogP contribution in [0.3, 0.4) is 0 Å². The van der Waals surface area contributed by atoms with Gasteiger partial charge in [-0.05, 0) is 26.7 Å². The summed E-state index contributed by atoms with van der Waals surface area (Å²) < 4.78 is 5.33. The molecule has 0 aliphatic carbocycles. The van der Waals surface area contributed by atoms with Crippen LogP contribution in [-0.2, 0) is 14.3 Å². The predicted molar refractivity (Wildman–Crippen MR) is 64.9 cm³/mol. The molecule has 0 saturated heterocycles. The van der Waals surface area contributed by atoms with E-state index in [9.17, 15) is 9.59 Å². The summed E-state index contributed by atoms with van der Waals surface area (Å²) in [6, 6.07) is 0. The van der Waals surface area contributed by atoms with Crippen molar-refractivity contribution in [1.82, 2.24) is 10.7 Å². The van der Waals surface area contributed by atoms with Gasteiger partial charge < -0.3 is 10.1 Å². The number of ether oxygens (including phenoxy) is 1. The molecule has 0 aromatic rings. The summed E-state index contributed by atoms with van der Waals surface area (Å²) in [4.78, 5) is 22.1. The lowest BCUT2D eigenvalue weighted by Gasteiger charge is -2.08. The molecule has 0 heterocycles. The van der Waals surface area contributed by atoms with Gasteiger partial charge in [0.2, 0.25) is 11.8 Å². The average Bonchev–Trinajstić information content (AvgIpc) is 2.27. The number of hydrogen-bond acceptors (Lipinski definition) is 4. The van der Waals surface area contributed by atoms with E-state index >= 15 is 0 Å². The van der Waals surface area contributed by atoms with Crippen LogP contribution in [0.15, 0.2) is 0 Å². The molecule has 0 aromatic carbocycles. The van der Waals surface area contributed by atoms with E-state index in [1.807, 2.05) is 19.3 Å². The van der Waals surface area contributed by atoms with Crippen molar-refractivity contribution in [2.45, 2.75) is 45.6 Å². The van der Waals surface area contributed by atoms with Gasteiger partial charge in [-0.2, -0.15) is 0 Å². The van der Waals surface area contributed by atoms with Gasteiger partial charge in [0.05, 0.1) is 6.10 Å². The fourth-order valence-electron chi connectivity index (χ4n) is 1.19. The quantitative estimate of drug-likeness (QED) is 0.232. The minimum atomic E-state index is -0.247. The molecule has 0 aromatic heterocycles. The largest absolute Gasteiger partial charge is 0.379 e. The van der Waals surface area contributed by atoms with Gasteiger partial charge in [-0.3, -0.25) is 15.0 Å². The SMILES string of the molecule is CC(C)OCCCNC(=O)CCCC(=O)NN. The lowest BCUT2D eigenvalue weighted by atomic mass is 10.2. The number of nitrogens with one attached hydrogen (secondary N) is 2. The summed E-state index contributed by atoms with van der Waals surface area (Å²) in [5.41, 5.74) is 2.02. The van der Waals surface area contributed by atoms with Gasteiger partial charge in [-0.25, -0.2) is 5.84 Å². The summed E-state index contributed by atoms with van der Waals surface area (Å²) in [7, 11) is 0. The summed E-state index contributed by atoms with van der Waals surface area (Å²) in [5.74, 6) is 4.62. The summed E-state index contributed by atoms with van der Waals surface area (Å²) in [5, 5.41) is 2.77. The summed E-state index contributed by atoms with van der Waals surface area (Å²) in [6.45, 7) is 5.20. The Morgan fingerprint density at radius 1 is 1.18 bits per heavy atom. The number of rotatable bonds is 9. The molecule has 17 heavy (non-hydrogen) atoms. The fourth-order valence-corrected chi connectivity index (χ4v) is 1.19. The number of hydrogen-bond donors (Lipinski definition) is 3. The minimum Gasteiger partial charge on any atom is -0.379 e. The molecule has 0 aliphatic heterocycles. The number of hydrazine groups is 1. The Balaban J connectivity index is 3.32. The van der Waals surface area contributed by atoms with Crippen LogP contribution in [0.25, 0.3) is 0 Å². The molecule has 0 atom stereocenters. The maximum atomic E-state index is 11.3. The zero-order valence-electron chi connectivity index (χ0n) is 10.6. The van der Waals surface area contributed by atoms with Crippen molar-refractivity contribution in [3.63, 3.8) is 0 Å². The van der Waals surface area contributed by atoms with Gasteiger partial charge >= 0.3 is 0 Å². The first-order chi connectivity index (χ1) is 8.06. The molecular formula is C11H23N3O3. The smallest absolute Gasteiger partial charge is 0.233 e. The molecule has 0 radical (unpaired) electrons. The van der Waals surface area contributed by atoms with E-state index in [4.69, 9.17) is 10.6 Å². The Labute approximate surface area is 102 Å². The molecule has 4 N–H and O–H groups in total. The average molecular weight is 245 g/mol. The Bertz CT molecular complexity index is 232. The van der Waals surface area contributed by atoms with Crippen molar-refractivity contribution < 1.29 is 14.3 Å². The Morgan fingerprint density at radius 2 is 1.82 bits per heavy atom. The number of carbonyl (C=O) groups is 2. The molecule has 100 valence electrons. The molecule has 0 spiro atoms. The third-order valence-electron chi connectivity index (χ3n) is 2.06. The van der Waals surface area contributed by atoms with E-state index in [1.54, 1.807) is 0 Å². The van der Waals surface area contributed by atoms with Crippen LogP contribution in [0.4, 0.5) is 0 Å². The Morgan fingerprint density at radius 3 is 2.41 bits per heavy atom. The highest BCUT2D eigenvalue weighted by Crippen LogP contribution is 1.95. The summed E-state index contributed by atoms with van der Waals surface area (Å²) in [6.07, 6.45) is 2.16. The number of amides is 2. The van der Waals surface area contributed by atoms with Gasteiger partial charge in [0, 0.05) is 26.0 Å². The second kappa shape index (κ2) is 10.0. The molecule has 6 heteroatoms. The fraction of sp³-hybridized carbons (Fsp3) is 0.818. The third-order valence-corrected chi connectivity index (χ3v) is 2.06. The monoisotopic (exact) mass is 245 g/mol. The Hall–Kier alpha value is -1.14. The van der Waals surface area contributed by atoms with Crippen LogP contribution < -0.4 is 16.6 Å². The zero-order valence-corrected chi connectivity index (χ0v) is 10.6. The van der Waals surface area contributed by atoms with Gasteiger partial charge in [-0.15, -0.1) is 0 Å². The molecule has 6 nitrogen and oxygen atoms in total. The van der Waals surface area contributed by atoms with Crippen molar-refractivity contribution in [2.75, 3.05) is 13.2 Å². The highest BCUT2D eigenvalue weighted by Gasteiger charge is 2.03. The number of carbonyl (C=O) groups excluding carboxylic acids is 2. The van der Waals surface area contributed by atoms with Crippen LogP contribution in [0.2, 0.25) is 0 Å². The van der Waals surface area contributed by atoms with E-state index in [0.29, 0.717) is 26.0 Å². The van der Waals surface area contributed by atoms with Crippen molar-refractivity contribution in [2.24, 2.45) is 5.84 Å². The minimum absolute atomic E-state index is 0.0423. The first-order valence-electron chi connectivity index (χ1n) is 5.94. The van der Waals surface area contributed by atoms with E-state index in [1.165, 1.54) is 0 Å². The van der Waals surface area contributed by atoms with Crippen molar-refractivity contribution in [3.05, 3.63) is 0 Å². The molecule has 0 fully saturated rings. The molecule has 0 unspecified atom stereocenters. The molecule has 0 saturated carbocycles. The lowest BCUT2D eigenvalue weighted by molar-refractivity contribution is -0.122. The van der Waals surface area contributed by atoms with E-state index in [2.05, 4.69) is 5.32 Å². The summed E-state index contributed by atoms with van der Waals surface area (Å²) >= 11 is 0. The van der Waals surface area contributed by atoms with Crippen LogP contribution in [0, 0.1) is 0 Å². The van der Waals surface area contributed by atoms with Gasteiger partial charge in [0.25, 0.3) is 0 Å². The van der Waals surface area contributed by atoms with E-state index in [-0.39, 0.29) is 24.3 Å². The molecule has 0 aliphatic rings. The van der Waals surface area contributed by atoms with Crippen molar-refractivity contribution in [3.8, 4) is 0 Å². The highest BCUT2D eigenvalue weighted by molar-refractivity contribution is 5.78. The molecular weight excluding hydrogens is 222 g/mol. The molecule has 0 rings (SSSR count). The number of nitrogens with two attached hydrogens (primary N) is 1. The first kappa shape index (κ1) is 15.9.